The van der Waals surface area contributed by atoms with Crippen molar-refractivity contribution in [3.8, 4) is 5.88 Å². The summed E-state index contributed by atoms with van der Waals surface area (Å²) in [6.45, 7) is 2.07. The maximum Gasteiger partial charge on any atom is 0.350 e. The lowest BCUT2D eigenvalue weighted by molar-refractivity contribution is 0.0605. The largest absolute Gasteiger partial charge is 0.481 e. The van der Waals surface area contributed by atoms with Crippen molar-refractivity contribution in [3.63, 3.8) is 0 Å². The Bertz CT molecular complexity index is 1190. The van der Waals surface area contributed by atoms with Crippen LogP contribution < -0.4 is 20.5 Å². The van der Waals surface area contributed by atoms with E-state index in [0.717, 1.165) is 16.9 Å². The van der Waals surface area contributed by atoms with E-state index >= 15 is 0 Å². The Morgan fingerprint density at radius 3 is 2.48 bits per heavy atom. The summed E-state index contributed by atoms with van der Waals surface area (Å²) in [5.74, 6) is 0.527. The summed E-state index contributed by atoms with van der Waals surface area (Å²) in [6.07, 6.45) is 0. The molecule has 164 valence electrons. The molecule has 0 bridgehead atoms. The molecule has 2 heterocycles. The van der Waals surface area contributed by atoms with Gasteiger partial charge in [0, 0.05) is 12.6 Å². The molecule has 3 aromatic rings. The Hall–Kier alpha value is -3.29. The standard InChI is InChI=1S/C18H20N6O5S2/c1-10-15(16(25)29-3)30-18(21-10)24-17-22-13(8-14(23-17)28-2)20-9-11-4-6-12(7-5-11)31(19,26)27/h4-8H,9H2,1-3H3,(H2,19,26,27)(H2,20,21,22,23,24). The first-order chi connectivity index (χ1) is 14.7. The predicted octanol–water partition coefficient (Wildman–Crippen LogP) is 2.04. The fourth-order valence-electron chi connectivity index (χ4n) is 2.49. The third-order valence-corrected chi connectivity index (χ3v) is 6.01. The molecule has 0 saturated heterocycles. The van der Waals surface area contributed by atoms with Gasteiger partial charge >= 0.3 is 5.97 Å². The molecule has 2 aromatic heterocycles. The summed E-state index contributed by atoms with van der Waals surface area (Å²) in [4.78, 5) is 25.1. The van der Waals surface area contributed by atoms with Gasteiger partial charge in [0.05, 0.1) is 24.8 Å². The van der Waals surface area contributed by atoms with Crippen LogP contribution in [0.4, 0.5) is 16.9 Å². The Labute approximate surface area is 182 Å². The number of ether oxygens (including phenoxy) is 2. The number of hydrogen-bond acceptors (Lipinski definition) is 11. The first kappa shape index (κ1) is 22.4. The Kier molecular flexibility index (Phi) is 6.68. The number of primary sulfonamides is 1. The number of nitrogens with one attached hydrogen (secondary N) is 2. The summed E-state index contributed by atoms with van der Waals surface area (Å²) in [5, 5.41) is 11.6. The first-order valence-electron chi connectivity index (χ1n) is 8.81. The minimum absolute atomic E-state index is 0.0384. The molecule has 0 atom stereocenters. The summed E-state index contributed by atoms with van der Waals surface area (Å²) < 4.78 is 32.7. The lowest BCUT2D eigenvalue weighted by Crippen LogP contribution is -2.12. The van der Waals surface area contributed by atoms with Gasteiger partial charge in [-0.25, -0.2) is 23.3 Å². The number of aromatic nitrogens is 3. The van der Waals surface area contributed by atoms with Crippen molar-refractivity contribution < 1.29 is 22.7 Å². The van der Waals surface area contributed by atoms with Crippen molar-refractivity contribution in [2.75, 3.05) is 24.9 Å². The number of carbonyl (C=O) groups excluding carboxylic acids is 1. The molecule has 0 radical (unpaired) electrons. The van der Waals surface area contributed by atoms with Crippen LogP contribution in [0, 0.1) is 6.92 Å². The highest BCUT2D eigenvalue weighted by Crippen LogP contribution is 2.26. The van der Waals surface area contributed by atoms with Crippen molar-refractivity contribution >= 4 is 44.2 Å². The van der Waals surface area contributed by atoms with E-state index in [1.807, 2.05) is 0 Å². The fraction of sp³-hybridized carbons (Fsp3) is 0.222. The van der Waals surface area contributed by atoms with Crippen LogP contribution >= 0.6 is 11.3 Å². The van der Waals surface area contributed by atoms with Crippen molar-refractivity contribution in [3.05, 3.63) is 46.5 Å². The molecule has 3 rings (SSSR count). The number of anilines is 3. The van der Waals surface area contributed by atoms with Gasteiger partial charge in [0.25, 0.3) is 0 Å². The number of carbonyl (C=O) groups is 1. The zero-order chi connectivity index (χ0) is 22.6. The Balaban J connectivity index is 1.75. The van der Waals surface area contributed by atoms with Crippen molar-refractivity contribution in [1.29, 1.82) is 0 Å². The molecule has 0 aliphatic carbocycles. The summed E-state index contributed by atoms with van der Waals surface area (Å²) in [7, 11) is -0.957. The number of methoxy groups -OCH3 is 2. The number of aryl methyl sites for hydroxylation is 1. The highest BCUT2D eigenvalue weighted by Gasteiger charge is 2.17. The highest BCUT2D eigenvalue weighted by atomic mass is 32.2. The van der Waals surface area contributed by atoms with Crippen molar-refractivity contribution in [2.45, 2.75) is 18.4 Å². The van der Waals surface area contributed by atoms with Gasteiger partial charge in [-0.05, 0) is 24.6 Å². The Morgan fingerprint density at radius 1 is 1.16 bits per heavy atom. The second kappa shape index (κ2) is 9.24. The predicted molar refractivity (Wildman–Crippen MR) is 115 cm³/mol. The number of thiazole rings is 1. The number of nitrogens with zero attached hydrogens (tertiary/aromatic N) is 3. The number of nitrogens with two attached hydrogens (primary N) is 1. The van der Waals surface area contributed by atoms with Gasteiger partial charge in [-0.3, -0.25) is 5.32 Å². The van der Waals surface area contributed by atoms with Crippen LogP contribution in [0.2, 0.25) is 0 Å². The van der Waals surface area contributed by atoms with E-state index in [1.165, 1.54) is 26.4 Å². The van der Waals surface area contributed by atoms with Gasteiger partial charge < -0.3 is 14.8 Å². The molecule has 0 saturated carbocycles. The quantitative estimate of drug-likeness (QED) is 0.421. The molecular formula is C18H20N6O5S2. The second-order valence-electron chi connectivity index (χ2n) is 6.21. The fourth-order valence-corrected chi connectivity index (χ4v) is 3.89. The van der Waals surface area contributed by atoms with Crippen molar-refractivity contribution in [2.24, 2.45) is 5.14 Å². The molecule has 0 amide bonds. The molecule has 0 aliphatic heterocycles. The topological polar surface area (TPSA) is 158 Å². The summed E-state index contributed by atoms with van der Waals surface area (Å²) >= 11 is 1.12. The zero-order valence-corrected chi connectivity index (χ0v) is 18.5. The minimum atomic E-state index is -3.74. The van der Waals surface area contributed by atoms with E-state index in [9.17, 15) is 13.2 Å². The average molecular weight is 465 g/mol. The SMILES string of the molecule is COC(=O)c1sc(Nc2nc(NCc3ccc(S(N)(=O)=O)cc3)cc(OC)n2)nc1C. The highest BCUT2D eigenvalue weighted by molar-refractivity contribution is 7.89. The maximum absolute atomic E-state index is 11.8. The molecule has 31 heavy (non-hydrogen) atoms. The lowest BCUT2D eigenvalue weighted by Gasteiger charge is -2.10. The van der Waals surface area contributed by atoms with E-state index < -0.39 is 16.0 Å². The van der Waals surface area contributed by atoms with Gasteiger partial charge in [-0.15, -0.1) is 0 Å². The molecule has 0 spiro atoms. The molecule has 1 aromatic carbocycles. The van der Waals surface area contributed by atoms with Crippen LogP contribution in [0.5, 0.6) is 5.88 Å². The van der Waals surface area contributed by atoms with Crippen molar-refractivity contribution in [1.82, 2.24) is 15.0 Å². The van der Waals surface area contributed by atoms with Gasteiger partial charge in [-0.2, -0.15) is 9.97 Å². The number of rotatable bonds is 8. The molecule has 4 N–H and O–H groups in total. The molecule has 11 nitrogen and oxygen atoms in total. The molecule has 0 aliphatic rings. The van der Waals surface area contributed by atoms with Gasteiger partial charge in [0.1, 0.15) is 10.7 Å². The zero-order valence-electron chi connectivity index (χ0n) is 16.9. The van der Waals surface area contributed by atoms with Crippen LogP contribution in [0.1, 0.15) is 20.9 Å². The van der Waals surface area contributed by atoms with E-state index in [0.29, 0.717) is 33.9 Å². The van der Waals surface area contributed by atoms with E-state index in [2.05, 4.69) is 25.6 Å². The molecule has 0 unspecified atom stereocenters. The second-order valence-corrected chi connectivity index (χ2v) is 8.77. The summed E-state index contributed by atoms with van der Waals surface area (Å²) in [6, 6.07) is 7.78. The normalized spacial score (nSPS) is 11.1. The van der Waals surface area contributed by atoms with Crippen LogP contribution in [0.25, 0.3) is 0 Å². The average Bonchev–Trinajstić information content (AvgIpc) is 3.11. The van der Waals surface area contributed by atoms with E-state index in [-0.39, 0.29) is 10.8 Å². The molecule has 0 fully saturated rings. The Morgan fingerprint density at radius 2 is 1.87 bits per heavy atom. The van der Waals surface area contributed by atoms with E-state index in [4.69, 9.17) is 14.6 Å². The lowest BCUT2D eigenvalue weighted by atomic mass is 10.2. The first-order valence-corrected chi connectivity index (χ1v) is 11.2. The third kappa shape index (κ3) is 5.65. The number of sulfonamides is 1. The summed E-state index contributed by atoms with van der Waals surface area (Å²) in [5.41, 5.74) is 1.35. The molecule has 13 heteroatoms. The number of esters is 1. The monoisotopic (exact) mass is 464 g/mol. The van der Waals surface area contributed by atoms with Crippen LogP contribution in [-0.4, -0.2) is 43.6 Å². The van der Waals surface area contributed by atoms with Gasteiger partial charge in [0.2, 0.25) is 21.9 Å². The van der Waals surface area contributed by atoms with Crippen LogP contribution in [0.3, 0.4) is 0 Å². The smallest absolute Gasteiger partial charge is 0.350 e. The minimum Gasteiger partial charge on any atom is -0.481 e. The number of hydrogen-bond donors (Lipinski definition) is 3. The number of benzene rings is 1. The van der Waals surface area contributed by atoms with Gasteiger partial charge in [-0.1, -0.05) is 23.5 Å². The molecular weight excluding hydrogens is 444 g/mol. The van der Waals surface area contributed by atoms with Crippen LogP contribution in [-0.2, 0) is 21.3 Å². The third-order valence-electron chi connectivity index (χ3n) is 4.02. The van der Waals surface area contributed by atoms with E-state index in [1.54, 1.807) is 25.1 Å². The van der Waals surface area contributed by atoms with Crippen LogP contribution in [0.15, 0.2) is 35.2 Å². The maximum atomic E-state index is 11.8. The van der Waals surface area contributed by atoms with Gasteiger partial charge in [0.15, 0.2) is 5.13 Å².